The molecule has 1 rings (SSSR count). The van der Waals surface area contributed by atoms with Gasteiger partial charge in [0.1, 0.15) is 11.5 Å². The standard InChI is InChI=1S/C12H20N2O2/c1-15-10-6-9(7-11(8-10)16-2)12(14)4-3-5-13/h6-8,12H,3-5,13-14H2,1-2H3/t12-/m1/s1. The molecule has 0 saturated carbocycles. The lowest BCUT2D eigenvalue weighted by Gasteiger charge is -2.14. The Balaban J connectivity index is 2.85. The molecule has 0 amide bonds. The summed E-state index contributed by atoms with van der Waals surface area (Å²) in [5.74, 6) is 1.52. The monoisotopic (exact) mass is 224 g/mol. The highest BCUT2D eigenvalue weighted by molar-refractivity contribution is 5.39. The lowest BCUT2D eigenvalue weighted by Crippen LogP contribution is -2.12. The molecular formula is C12H20N2O2. The number of ether oxygens (including phenoxy) is 2. The highest BCUT2D eigenvalue weighted by Gasteiger charge is 2.09. The van der Waals surface area contributed by atoms with E-state index >= 15 is 0 Å². The van der Waals surface area contributed by atoms with Gasteiger partial charge in [-0.2, -0.15) is 0 Å². The third kappa shape index (κ3) is 3.40. The second kappa shape index (κ2) is 6.35. The summed E-state index contributed by atoms with van der Waals surface area (Å²) in [5.41, 5.74) is 12.5. The molecule has 1 aromatic rings. The summed E-state index contributed by atoms with van der Waals surface area (Å²) < 4.78 is 10.4. The van der Waals surface area contributed by atoms with Crippen LogP contribution >= 0.6 is 0 Å². The fourth-order valence-corrected chi connectivity index (χ4v) is 1.55. The number of methoxy groups -OCH3 is 2. The molecule has 0 unspecified atom stereocenters. The van der Waals surface area contributed by atoms with E-state index in [1.54, 1.807) is 14.2 Å². The van der Waals surface area contributed by atoms with Crippen molar-refractivity contribution in [1.82, 2.24) is 0 Å². The summed E-state index contributed by atoms with van der Waals surface area (Å²) in [5, 5.41) is 0. The summed E-state index contributed by atoms with van der Waals surface area (Å²) in [6.07, 6.45) is 1.79. The van der Waals surface area contributed by atoms with Crippen LogP contribution in [0, 0.1) is 0 Å². The van der Waals surface area contributed by atoms with Gasteiger partial charge < -0.3 is 20.9 Å². The summed E-state index contributed by atoms with van der Waals surface area (Å²) in [6.45, 7) is 0.662. The maximum Gasteiger partial charge on any atom is 0.122 e. The van der Waals surface area contributed by atoms with Gasteiger partial charge in [-0.15, -0.1) is 0 Å². The molecule has 0 heterocycles. The van der Waals surface area contributed by atoms with Crippen molar-refractivity contribution in [3.05, 3.63) is 23.8 Å². The molecule has 0 saturated heterocycles. The van der Waals surface area contributed by atoms with Crippen LogP contribution < -0.4 is 20.9 Å². The Morgan fingerprint density at radius 3 is 2.12 bits per heavy atom. The first-order valence-corrected chi connectivity index (χ1v) is 5.40. The van der Waals surface area contributed by atoms with Crippen LogP contribution in [0.15, 0.2) is 18.2 Å². The van der Waals surface area contributed by atoms with Crippen LogP contribution in [0.5, 0.6) is 11.5 Å². The molecule has 1 atom stereocenters. The van der Waals surface area contributed by atoms with Gasteiger partial charge in [0.15, 0.2) is 0 Å². The molecular weight excluding hydrogens is 204 g/mol. The van der Waals surface area contributed by atoms with Crippen LogP contribution in [-0.2, 0) is 0 Å². The predicted molar refractivity (Wildman–Crippen MR) is 64.8 cm³/mol. The first-order chi connectivity index (χ1) is 7.71. The third-order valence-corrected chi connectivity index (χ3v) is 2.52. The van der Waals surface area contributed by atoms with E-state index in [4.69, 9.17) is 20.9 Å². The van der Waals surface area contributed by atoms with Crippen LogP contribution in [-0.4, -0.2) is 20.8 Å². The summed E-state index contributed by atoms with van der Waals surface area (Å²) in [7, 11) is 3.26. The van der Waals surface area contributed by atoms with E-state index in [1.165, 1.54) is 0 Å². The van der Waals surface area contributed by atoms with Crippen LogP contribution in [0.25, 0.3) is 0 Å². The van der Waals surface area contributed by atoms with Crippen LogP contribution in [0.3, 0.4) is 0 Å². The fraction of sp³-hybridized carbons (Fsp3) is 0.500. The van der Waals surface area contributed by atoms with Gasteiger partial charge in [0.05, 0.1) is 14.2 Å². The van der Waals surface area contributed by atoms with E-state index in [1.807, 2.05) is 18.2 Å². The molecule has 16 heavy (non-hydrogen) atoms. The topological polar surface area (TPSA) is 70.5 Å². The minimum absolute atomic E-state index is 0.0208. The van der Waals surface area contributed by atoms with Crippen LogP contribution in [0.4, 0.5) is 0 Å². The molecule has 90 valence electrons. The predicted octanol–water partition coefficient (Wildman–Crippen LogP) is 1.44. The molecule has 4 N–H and O–H groups in total. The second-order valence-electron chi connectivity index (χ2n) is 3.68. The fourth-order valence-electron chi connectivity index (χ4n) is 1.55. The van der Waals surface area contributed by atoms with Crippen molar-refractivity contribution in [2.75, 3.05) is 20.8 Å². The van der Waals surface area contributed by atoms with Crippen LogP contribution in [0.1, 0.15) is 24.4 Å². The Morgan fingerprint density at radius 1 is 1.12 bits per heavy atom. The SMILES string of the molecule is COc1cc(OC)cc([C@H](N)CCCN)c1. The Hall–Kier alpha value is -1.26. The van der Waals surface area contributed by atoms with Crippen LogP contribution in [0.2, 0.25) is 0 Å². The first kappa shape index (κ1) is 12.8. The number of hydrogen-bond acceptors (Lipinski definition) is 4. The number of rotatable bonds is 6. The van der Waals surface area contributed by atoms with Gasteiger partial charge in [-0.05, 0) is 37.1 Å². The normalized spacial score (nSPS) is 12.2. The zero-order valence-electron chi connectivity index (χ0n) is 9.90. The van der Waals surface area contributed by atoms with Gasteiger partial charge in [0.2, 0.25) is 0 Å². The lowest BCUT2D eigenvalue weighted by atomic mass is 10.0. The molecule has 4 heteroatoms. The zero-order chi connectivity index (χ0) is 12.0. The van der Waals surface area contributed by atoms with E-state index in [0.29, 0.717) is 6.54 Å². The Bertz CT molecular complexity index is 307. The average Bonchev–Trinajstić information content (AvgIpc) is 2.35. The minimum atomic E-state index is -0.0208. The van der Waals surface area contributed by atoms with Crippen molar-refractivity contribution in [1.29, 1.82) is 0 Å². The van der Waals surface area contributed by atoms with Gasteiger partial charge in [-0.25, -0.2) is 0 Å². The Morgan fingerprint density at radius 2 is 1.69 bits per heavy atom. The lowest BCUT2D eigenvalue weighted by molar-refractivity contribution is 0.392. The third-order valence-electron chi connectivity index (χ3n) is 2.52. The van der Waals surface area contributed by atoms with Gasteiger partial charge in [-0.1, -0.05) is 0 Å². The quantitative estimate of drug-likeness (QED) is 0.767. The van der Waals surface area contributed by atoms with Gasteiger partial charge in [0, 0.05) is 12.1 Å². The maximum atomic E-state index is 6.06. The van der Waals surface area contributed by atoms with Gasteiger partial charge in [0.25, 0.3) is 0 Å². The van der Waals surface area contributed by atoms with Crippen molar-refractivity contribution in [2.24, 2.45) is 11.5 Å². The molecule has 1 aromatic carbocycles. The number of nitrogens with two attached hydrogens (primary N) is 2. The van der Waals surface area contributed by atoms with Crippen molar-refractivity contribution < 1.29 is 9.47 Å². The minimum Gasteiger partial charge on any atom is -0.497 e. The van der Waals surface area contributed by atoms with E-state index in [9.17, 15) is 0 Å². The van der Waals surface area contributed by atoms with E-state index in [2.05, 4.69) is 0 Å². The molecule has 0 spiro atoms. The molecule has 0 bridgehead atoms. The zero-order valence-corrected chi connectivity index (χ0v) is 9.90. The molecule has 4 nitrogen and oxygen atoms in total. The summed E-state index contributed by atoms with van der Waals surface area (Å²) in [4.78, 5) is 0. The molecule has 0 aliphatic heterocycles. The van der Waals surface area contributed by atoms with E-state index in [0.717, 1.165) is 29.9 Å². The second-order valence-corrected chi connectivity index (χ2v) is 3.68. The molecule has 0 radical (unpaired) electrons. The summed E-state index contributed by atoms with van der Waals surface area (Å²) in [6, 6.07) is 5.68. The number of hydrogen-bond donors (Lipinski definition) is 2. The largest absolute Gasteiger partial charge is 0.497 e. The molecule has 0 fully saturated rings. The molecule has 0 aliphatic carbocycles. The Kier molecular flexibility index (Phi) is 5.08. The van der Waals surface area contributed by atoms with Gasteiger partial charge in [-0.3, -0.25) is 0 Å². The molecule has 0 aliphatic rings. The van der Waals surface area contributed by atoms with Crippen molar-refractivity contribution >= 4 is 0 Å². The summed E-state index contributed by atoms with van der Waals surface area (Å²) >= 11 is 0. The van der Waals surface area contributed by atoms with Gasteiger partial charge >= 0.3 is 0 Å². The smallest absolute Gasteiger partial charge is 0.122 e. The van der Waals surface area contributed by atoms with Crippen molar-refractivity contribution in [3.63, 3.8) is 0 Å². The Labute approximate surface area is 96.5 Å². The van der Waals surface area contributed by atoms with Crippen molar-refractivity contribution in [3.8, 4) is 11.5 Å². The highest BCUT2D eigenvalue weighted by atomic mass is 16.5. The van der Waals surface area contributed by atoms with E-state index in [-0.39, 0.29) is 6.04 Å². The highest BCUT2D eigenvalue weighted by Crippen LogP contribution is 2.27. The molecule has 0 aromatic heterocycles. The average molecular weight is 224 g/mol. The first-order valence-electron chi connectivity index (χ1n) is 5.40. The van der Waals surface area contributed by atoms with E-state index < -0.39 is 0 Å². The maximum absolute atomic E-state index is 6.06. The van der Waals surface area contributed by atoms with Crippen molar-refractivity contribution in [2.45, 2.75) is 18.9 Å². The number of benzene rings is 1.